The van der Waals surface area contributed by atoms with Gasteiger partial charge in [0.2, 0.25) is 5.91 Å². The SMILES string of the molecule is CC(=O)Nc1cccc(C#CBr)c1. The van der Waals surface area contributed by atoms with Crippen molar-refractivity contribution in [3.63, 3.8) is 0 Å². The molecule has 0 saturated heterocycles. The van der Waals surface area contributed by atoms with Gasteiger partial charge in [0.15, 0.2) is 0 Å². The second-order valence-electron chi connectivity index (χ2n) is 2.48. The highest BCUT2D eigenvalue weighted by atomic mass is 79.9. The zero-order chi connectivity index (χ0) is 9.68. The minimum Gasteiger partial charge on any atom is -0.326 e. The van der Waals surface area contributed by atoms with Crippen molar-refractivity contribution in [1.82, 2.24) is 0 Å². The van der Waals surface area contributed by atoms with Crippen molar-refractivity contribution in [2.24, 2.45) is 0 Å². The Bertz CT molecular complexity index is 376. The minimum absolute atomic E-state index is 0.0797. The van der Waals surface area contributed by atoms with Crippen LogP contribution >= 0.6 is 15.9 Å². The maximum Gasteiger partial charge on any atom is 0.221 e. The standard InChI is InChI=1S/C10H8BrNO/c1-8(13)12-10-4-2-3-9(7-10)5-6-11/h2-4,7H,1H3,(H,12,13). The van der Waals surface area contributed by atoms with E-state index in [0.29, 0.717) is 0 Å². The van der Waals surface area contributed by atoms with Crippen LogP contribution in [0.4, 0.5) is 5.69 Å². The van der Waals surface area contributed by atoms with E-state index in [0.717, 1.165) is 11.3 Å². The lowest BCUT2D eigenvalue weighted by Gasteiger charge is -2.00. The van der Waals surface area contributed by atoms with Gasteiger partial charge in [-0.1, -0.05) is 12.0 Å². The summed E-state index contributed by atoms with van der Waals surface area (Å²) in [7, 11) is 0. The Morgan fingerprint density at radius 2 is 2.31 bits per heavy atom. The van der Waals surface area contributed by atoms with Crippen LogP contribution in [0.3, 0.4) is 0 Å². The molecule has 1 N–H and O–H groups in total. The van der Waals surface area contributed by atoms with Crippen LogP contribution in [-0.4, -0.2) is 5.91 Å². The van der Waals surface area contributed by atoms with Crippen molar-refractivity contribution >= 4 is 27.5 Å². The van der Waals surface area contributed by atoms with Crippen LogP contribution in [-0.2, 0) is 4.79 Å². The fourth-order valence-corrected chi connectivity index (χ4v) is 1.16. The summed E-state index contributed by atoms with van der Waals surface area (Å²) < 4.78 is 0. The molecule has 0 unspecified atom stereocenters. The molecule has 13 heavy (non-hydrogen) atoms. The minimum atomic E-state index is -0.0797. The largest absolute Gasteiger partial charge is 0.326 e. The van der Waals surface area contributed by atoms with E-state index in [4.69, 9.17) is 0 Å². The predicted molar refractivity (Wildman–Crippen MR) is 56.6 cm³/mol. The Hall–Kier alpha value is -1.27. The van der Waals surface area contributed by atoms with Gasteiger partial charge in [-0.15, -0.1) is 0 Å². The summed E-state index contributed by atoms with van der Waals surface area (Å²) in [6, 6.07) is 7.36. The number of carbonyl (C=O) groups excluding carboxylic acids is 1. The highest BCUT2D eigenvalue weighted by Gasteiger charge is 1.94. The molecular weight excluding hydrogens is 230 g/mol. The molecule has 0 heterocycles. The molecule has 2 nitrogen and oxygen atoms in total. The van der Waals surface area contributed by atoms with Crippen molar-refractivity contribution < 1.29 is 4.79 Å². The fourth-order valence-electron chi connectivity index (χ4n) is 0.933. The van der Waals surface area contributed by atoms with E-state index in [1.807, 2.05) is 24.3 Å². The number of amides is 1. The third-order valence-corrected chi connectivity index (χ3v) is 1.57. The first-order valence-electron chi connectivity index (χ1n) is 3.71. The summed E-state index contributed by atoms with van der Waals surface area (Å²) in [4.78, 5) is 13.3. The molecule has 0 aliphatic rings. The third kappa shape index (κ3) is 3.30. The summed E-state index contributed by atoms with van der Waals surface area (Å²) in [5, 5.41) is 2.68. The molecule has 0 bridgehead atoms. The lowest BCUT2D eigenvalue weighted by molar-refractivity contribution is -0.114. The van der Waals surface area contributed by atoms with Gasteiger partial charge in [-0.2, -0.15) is 0 Å². The smallest absolute Gasteiger partial charge is 0.221 e. The zero-order valence-corrected chi connectivity index (χ0v) is 8.68. The third-order valence-electron chi connectivity index (χ3n) is 1.37. The number of benzene rings is 1. The Balaban J connectivity index is 2.89. The first kappa shape index (κ1) is 9.82. The molecule has 66 valence electrons. The number of halogens is 1. The van der Waals surface area contributed by atoms with E-state index >= 15 is 0 Å². The summed E-state index contributed by atoms with van der Waals surface area (Å²) >= 11 is 3.01. The van der Waals surface area contributed by atoms with Crippen molar-refractivity contribution in [2.75, 3.05) is 5.32 Å². The maximum atomic E-state index is 10.7. The molecule has 0 atom stereocenters. The molecule has 1 amide bonds. The highest BCUT2D eigenvalue weighted by molar-refractivity contribution is 9.12. The maximum absolute atomic E-state index is 10.7. The lowest BCUT2D eigenvalue weighted by Crippen LogP contribution is -2.05. The van der Waals surface area contributed by atoms with Gasteiger partial charge < -0.3 is 5.32 Å². The number of hydrogen-bond donors (Lipinski definition) is 1. The van der Waals surface area contributed by atoms with Gasteiger partial charge in [-0.05, 0) is 23.0 Å². The summed E-state index contributed by atoms with van der Waals surface area (Å²) in [5.41, 5.74) is 1.63. The van der Waals surface area contributed by atoms with Crippen LogP contribution < -0.4 is 5.32 Å². The molecule has 1 aromatic rings. The summed E-state index contributed by atoms with van der Waals surface area (Å²) in [6.07, 6.45) is 0. The molecule has 3 heteroatoms. The molecule has 0 aromatic heterocycles. The van der Waals surface area contributed by atoms with E-state index in [1.54, 1.807) is 0 Å². The van der Waals surface area contributed by atoms with Crippen LogP contribution in [0.15, 0.2) is 24.3 Å². The van der Waals surface area contributed by atoms with Gasteiger partial charge in [0.1, 0.15) is 0 Å². The quantitative estimate of drug-likeness (QED) is 0.747. The molecule has 0 saturated carbocycles. The van der Waals surface area contributed by atoms with Crippen molar-refractivity contribution in [1.29, 1.82) is 0 Å². The van der Waals surface area contributed by atoms with Crippen molar-refractivity contribution in [2.45, 2.75) is 6.92 Å². The van der Waals surface area contributed by atoms with E-state index in [9.17, 15) is 4.79 Å². The molecule has 0 fully saturated rings. The molecule has 0 aliphatic heterocycles. The average molecular weight is 238 g/mol. The van der Waals surface area contributed by atoms with E-state index < -0.39 is 0 Å². The van der Waals surface area contributed by atoms with Crippen LogP contribution in [0.1, 0.15) is 12.5 Å². The van der Waals surface area contributed by atoms with Gasteiger partial charge in [-0.3, -0.25) is 4.79 Å². The molecule has 0 aliphatic carbocycles. The average Bonchev–Trinajstić information content (AvgIpc) is 2.04. The van der Waals surface area contributed by atoms with Crippen LogP contribution in [0, 0.1) is 10.8 Å². The normalized spacial score (nSPS) is 8.46. The number of rotatable bonds is 1. The number of hydrogen-bond acceptors (Lipinski definition) is 1. The molecule has 0 spiro atoms. The first-order chi connectivity index (χ1) is 6.22. The monoisotopic (exact) mass is 237 g/mol. The molecular formula is C10H8BrNO. The van der Waals surface area contributed by atoms with Crippen LogP contribution in [0.5, 0.6) is 0 Å². The van der Waals surface area contributed by atoms with Gasteiger partial charge in [-0.25, -0.2) is 0 Å². The molecule has 0 radical (unpaired) electrons. The lowest BCUT2D eigenvalue weighted by atomic mass is 10.2. The topological polar surface area (TPSA) is 29.1 Å². The first-order valence-corrected chi connectivity index (χ1v) is 4.51. The van der Waals surface area contributed by atoms with E-state index in [1.165, 1.54) is 6.92 Å². The van der Waals surface area contributed by atoms with Gasteiger partial charge >= 0.3 is 0 Å². The van der Waals surface area contributed by atoms with Gasteiger partial charge in [0, 0.05) is 34.1 Å². The summed E-state index contributed by atoms with van der Waals surface area (Å²) in [6.45, 7) is 1.48. The van der Waals surface area contributed by atoms with E-state index in [-0.39, 0.29) is 5.91 Å². The van der Waals surface area contributed by atoms with Gasteiger partial charge in [0.05, 0.1) is 0 Å². The van der Waals surface area contributed by atoms with Crippen molar-refractivity contribution in [3.05, 3.63) is 29.8 Å². The van der Waals surface area contributed by atoms with E-state index in [2.05, 4.69) is 32.0 Å². The number of nitrogens with one attached hydrogen (secondary N) is 1. The number of carbonyl (C=O) groups is 1. The van der Waals surface area contributed by atoms with Crippen molar-refractivity contribution in [3.8, 4) is 10.8 Å². The predicted octanol–water partition coefficient (Wildman–Crippen LogP) is 2.35. The Labute approximate surface area is 85.5 Å². The zero-order valence-electron chi connectivity index (χ0n) is 7.10. The van der Waals surface area contributed by atoms with Crippen LogP contribution in [0.25, 0.3) is 0 Å². The summed E-state index contributed by atoms with van der Waals surface area (Å²) in [5.74, 6) is 2.76. The van der Waals surface area contributed by atoms with Gasteiger partial charge in [0.25, 0.3) is 0 Å². The number of anilines is 1. The Morgan fingerprint density at radius 1 is 1.54 bits per heavy atom. The Morgan fingerprint density at radius 3 is 2.92 bits per heavy atom. The van der Waals surface area contributed by atoms with Crippen LogP contribution in [0.2, 0.25) is 0 Å². The second-order valence-corrected chi connectivity index (χ2v) is 2.88. The molecule has 1 aromatic carbocycles. The fraction of sp³-hybridized carbons (Fsp3) is 0.100. The Kier molecular flexibility index (Phi) is 3.53. The highest BCUT2D eigenvalue weighted by Crippen LogP contribution is 2.09. The second kappa shape index (κ2) is 4.68. The molecule has 1 rings (SSSR count).